The summed E-state index contributed by atoms with van der Waals surface area (Å²) in [6.07, 6.45) is 4.08. The van der Waals surface area contributed by atoms with Crippen LogP contribution in [-0.2, 0) is 6.54 Å². The number of aromatic nitrogens is 2. The highest BCUT2D eigenvalue weighted by Crippen LogP contribution is 2.07. The van der Waals surface area contributed by atoms with Crippen molar-refractivity contribution in [2.45, 2.75) is 39.8 Å². The first-order chi connectivity index (χ1) is 10.6. The van der Waals surface area contributed by atoms with Gasteiger partial charge in [0.15, 0.2) is 0 Å². The molecule has 1 heterocycles. The maximum absolute atomic E-state index is 12.1. The molecule has 1 atom stereocenters. The first-order valence-corrected chi connectivity index (χ1v) is 7.51. The van der Waals surface area contributed by atoms with Crippen molar-refractivity contribution in [3.63, 3.8) is 0 Å². The molecule has 2 aromatic rings. The van der Waals surface area contributed by atoms with Gasteiger partial charge < -0.3 is 10.6 Å². The Balaban J connectivity index is 1.94. The zero-order valence-corrected chi connectivity index (χ0v) is 13.3. The van der Waals surface area contributed by atoms with E-state index >= 15 is 0 Å². The number of amides is 1. The molecule has 0 saturated carbocycles. The van der Waals surface area contributed by atoms with Gasteiger partial charge in [0.25, 0.3) is 5.91 Å². The van der Waals surface area contributed by atoms with Gasteiger partial charge in [-0.15, -0.1) is 0 Å². The third kappa shape index (κ3) is 4.28. The monoisotopic (exact) mass is 298 g/mol. The molecule has 0 saturated heterocycles. The molecule has 0 spiro atoms. The van der Waals surface area contributed by atoms with E-state index in [0.29, 0.717) is 24.1 Å². The normalized spacial score (nSPS) is 11.8. The number of anilines is 1. The van der Waals surface area contributed by atoms with E-state index in [0.717, 1.165) is 17.5 Å². The van der Waals surface area contributed by atoms with Crippen LogP contribution in [0.2, 0.25) is 0 Å². The molecule has 2 N–H and O–H groups in total. The number of carbonyl (C=O) groups is 1. The van der Waals surface area contributed by atoms with Crippen LogP contribution in [0, 0.1) is 6.92 Å². The number of hydrogen-bond acceptors (Lipinski definition) is 4. The average molecular weight is 298 g/mol. The van der Waals surface area contributed by atoms with Gasteiger partial charge in [-0.3, -0.25) is 4.79 Å². The number of hydrogen-bond donors (Lipinski definition) is 2. The first kappa shape index (κ1) is 15.9. The van der Waals surface area contributed by atoms with E-state index in [1.807, 2.05) is 31.2 Å². The molecule has 5 nitrogen and oxygen atoms in total. The summed E-state index contributed by atoms with van der Waals surface area (Å²) in [5, 5.41) is 6.06. The molecule has 0 bridgehead atoms. The first-order valence-electron chi connectivity index (χ1n) is 7.51. The van der Waals surface area contributed by atoms with E-state index in [4.69, 9.17) is 0 Å². The fourth-order valence-corrected chi connectivity index (χ4v) is 1.93. The van der Waals surface area contributed by atoms with Gasteiger partial charge in [-0.1, -0.05) is 31.2 Å². The summed E-state index contributed by atoms with van der Waals surface area (Å²) < 4.78 is 0. The molecule has 5 heteroatoms. The SMILES string of the molecule is CCC(C)Nc1ncc(C(=O)NCc2ccccc2C)cn1. The molecule has 116 valence electrons. The number of benzene rings is 1. The zero-order valence-electron chi connectivity index (χ0n) is 13.3. The van der Waals surface area contributed by atoms with E-state index in [1.165, 1.54) is 0 Å². The molecule has 0 aliphatic rings. The number of nitrogens with one attached hydrogen (secondary N) is 2. The highest BCUT2D eigenvalue weighted by atomic mass is 16.1. The maximum atomic E-state index is 12.1. The Morgan fingerprint density at radius 3 is 2.55 bits per heavy atom. The molecule has 1 unspecified atom stereocenters. The second kappa shape index (κ2) is 7.54. The van der Waals surface area contributed by atoms with Crippen molar-refractivity contribution >= 4 is 11.9 Å². The van der Waals surface area contributed by atoms with Gasteiger partial charge >= 0.3 is 0 Å². The molecule has 0 aliphatic carbocycles. The summed E-state index contributed by atoms with van der Waals surface area (Å²) in [7, 11) is 0. The summed E-state index contributed by atoms with van der Waals surface area (Å²) >= 11 is 0. The third-order valence-electron chi connectivity index (χ3n) is 3.60. The van der Waals surface area contributed by atoms with Gasteiger partial charge in [-0.05, 0) is 31.4 Å². The van der Waals surface area contributed by atoms with E-state index in [1.54, 1.807) is 12.4 Å². The number of nitrogens with zero attached hydrogens (tertiary/aromatic N) is 2. The third-order valence-corrected chi connectivity index (χ3v) is 3.60. The molecular formula is C17H22N4O. The lowest BCUT2D eigenvalue weighted by atomic mass is 10.1. The van der Waals surface area contributed by atoms with Gasteiger partial charge in [0.05, 0.1) is 5.56 Å². The molecule has 0 radical (unpaired) electrons. The van der Waals surface area contributed by atoms with Crippen LogP contribution in [0.5, 0.6) is 0 Å². The lowest BCUT2D eigenvalue weighted by molar-refractivity contribution is 0.0950. The van der Waals surface area contributed by atoms with Crippen molar-refractivity contribution in [3.05, 3.63) is 53.3 Å². The summed E-state index contributed by atoms with van der Waals surface area (Å²) in [5.74, 6) is 0.378. The van der Waals surface area contributed by atoms with Crippen molar-refractivity contribution in [3.8, 4) is 0 Å². The zero-order chi connectivity index (χ0) is 15.9. The number of aryl methyl sites for hydroxylation is 1. The molecule has 0 fully saturated rings. The molecule has 1 aromatic carbocycles. The Kier molecular flexibility index (Phi) is 5.47. The molecule has 1 aromatic heterocycles. The van der Waals surface area contributed by atoms with Crippen molar-refractivity contribution in [2.75, 3.05) is 5.32 Å². The van der Waals surface area contributed by atoms with Crippen molar-refractivity contribution in [2.24, 2.45) is 0 Å². The smallest absolute Gasteiger partial charge is 0.254 e. The largest absolute Gasteiger partial charge is 0.352 e. The van der Waals surface area contributed by atoms with E-state index < -0.39 is 0 Å². The van der Waals surface area contributed by atoms with Crippen molar-refractivity contribution in [1.29, 1.82) is 0 Å². The van der Waals surface area contributed by atoms with Crippen LogP contribution in [-0.4, -0.2) is 21.9 Å². The van der Waals surface area contributed by atoms with Crippen LogP contribution in [0.1, 0.15) is 41.8 Å². The lowest BCUT2D eigenvalue weighted by Crippen LogP contribution is -2.24. The number of carbonyl (C=O) groups excluding carboxylic acids is 1. The van der Waals surface area contributed by atoms with Crippen LogP contribution in [0.3, 0.4) is 0 Å². The predicted octanol–water partition coefficient (Wildman–Crippen LogP) is 2.93. The Bertz CT molecular complexity index is 625. The molecule has 1 amide bonds. The van der Waals surface area contributed by atoms with Gasteiger partial charge in [-0.25, -0.2) is 9.97 Å². The Hall–Kier alpha value is -2.43. The highest BCUT2D eigenvalue weighted by molar-refractivity contribution is 5.93. The van der Waals surface area contributed by atoms with Crippen LogP contribution >= 0.6 is 0 Å². The summed E-state index contributed by atoms with van der Waals surface area (Å²) in [6.45, 7) is 6.68. The van der Waals surface area contributed by atoms with Crippen LogP contribution in [0.4, 0.5) is 5.95 Å². The maximum Gasteiger partial charge on any atom is 0.254 e. The second-order valence-corrected chi connectivity index (χ2v) is 5.36. The minimum Gasteiger partial charge on any atom is -0.352 e. The van der Waals surface area contributed by atoms with E-state index in [-0.39, 0.29) is 5.91 Å². The number of rotatable bonds is 6. The Morgan fingerprint density at radius 1 is 1.23 bits per heavy atom. The quantitative estimate of drug-likeness (QED) is 0.860. The predicted molar refractivity (Wildman–Crippen MR) is 87.8 cm³/mol. The van der Waals surface area contributed by atoms with Gasteiger partial charge in [0.2, 0.25) is 5.95 Å². The van der Waals surface area contributed by atoms with E-state index in [9.17, 15) is 4.79 Å². The van der Waals surface area contributed by atoms with Gasteiger partial charge in [0, 0.05) is 25.0 Å². The molecule has 22 heavy (non-hydrogen) atoms. The minimum absolute atomic E-state index is 0.168. The average Bonchev–Trinajstić information content (AvgIpc) is 2.54. The standard InChI is InChI=1S/C17H22N4O/c1-4-13(3)21-17-19-10-15(11-20-17)16(22)18-9-14-8-6-5-7-12(14)2/h5-8,10-11,13H,4,9H2,1-3H3,(H,18,22)(H,19,20,21). The summed E-state index contributed by atoms with van der Waals surface area (Å²) in [5.41, 5.74) is 2.72. The molecule has 2 rings (SSSR count). The molecular weight excluding hydrogens is 276 g/mol. The van der Waals surface area contributed by atoms with Crippen LogP contribution < -0.4 is 10.6 Å². The lowest BCUT2D eigenvalue weighted by Gasteiger charge is -2.11. The Morgan fingerprint density at radius 2 is 1.91 bits per heavy atom. The van der Waals surface area contributed by atoms with Crippen LogP contribution in [0.15, 0.2) is 36.7 Å². The van der Waals surface area contributed by atoms with Crippen molar-refractivity contribution in [1.82, 2.24) is 15.3 Å². The fourth-order valence-electron chi connectivity index (χ4n) is 1.93. The molecule has 0 aliphatic heterocycles. The Labute approximate surface area is 131 Å². The minimum atomic E-state index is -0.168. The summed E-state index contributed by atoms with van der Waals surface area (Å²) in [6, 6.07) is 8.29. The summed E-state index contributed by atoms with van der Waals surface area (Å²) in [4.78, 5) is 20.5. The fraction of sp³-hybridized carbons (Fsp3) is 0.353. The highest BCUT2D eigenvalue weighted by Gasteiger charge is 2.08. The van der Waals surface area contributed by atoms with Crippen LogP contribution in [0.25, 0.3) is 0 Å². The van der Waals surface area contributed by atoms with Gasteiger partial charge in [-0.2, -0.15) is 0 Å². The second-order valence-electron chi connectivity index (χ2n) is 5.36. The van der Waals surface area contributed by atoms with E-state index in [2.05, 4.69) is 34.4 Å². The van der Waals surface area contributed by atoms with Crippen molar-refractivity contribution < 1.29 is 4.79 Å². The topological polar surface area (TPSA) is 66.9 Å². The van der Waals surface area contributed by atoms with Gasteiger partial charge in [0.1, 0.15) is 0 Å².